The number of amides is 3. The number of carbonyl (C=O) groups is 3. The zero-order valence-electron chi connectivity index (χ0n) is 15.6. The van der Waals surface area contributed by atoms with Crippen LogP contribution >= 0.6 is 11.8 Å². The molecular formula is C21H20FN3O3S. The molecule has 0 bridgehead atoms. The van der Waals surface area contributed by atoms with E-state index in [0.29, 0.717) is 29.3 Å². The van der Waals surface area contributed by atoms with Crippen molar-refractivity contribution in [2.75, 3.05) is 18.2 Å². The second-order valence-corrected chi connectivity index (χ2v) is 8.04. The second-order valence-electron chi connectivity index (χ2n) is 7.04. The Morgan fingerprint density at radius 2 is 1.90 bits per heavy atom. The lowest BCUT2D eigenvalue weighted by Crippen LogP contribution is -2.57. The summed E-state index contributed by atoms with van der Waals surface area (Å²) in [5, 5.41) is 2.70. The summed E-state index contributed by atoms with van der Waals surface area (Å²) in [6.07, 6.45) is 0. The number of thioether (sulfide) groups is 1. The molecule has 0 aliphatic carbocycles. The van der Waals surface area contributed by atoms with E-state index in [2.05, 4.69) is 5.32 Å². The number of nitrogens with one attached hydrogen (secondary N) is 1. The Kier molecular flexibility index (Phi) is 5.53. The van der Waals surface area contributed by atoms with E-state index in [1.54, 1.807) is 64.0 Å². The fourth-order valence-electron chi connectivity index (χ4n) is 3.47. The lowest BCUT2D eigenvalue weighted by Gasteiger charge is -2.35. The molecule has 2 saturated heterocycles. The first-order valence-electron chi connectivity index (χ1n) is 9.29. The van der Waals surface area contributed by atoms with E-state index in [0.717, 1.165) is 5.56 Å². The van der Waals surface area contributed by atoms with Gasteiger partial charge in [-0.05, 0) is 23.8 Å². The van der Waals surface area contributed by atoms with E-state index in [1.165, 1.54) is 6.07 Å². The Morgan fingerprint density at radius 3 is 2.66 bits per heavy atom. The van der Waals surface area contributed by atoms with E-state index in [4.69, 9.17) is 0 Å². The largest absolute Gasteiger partial charge is 0.348 e. The molecule has 8 heteroatoms. The normalized spacial score (nSPS) is 18.7. The predicted octanol–water partition coefficient (Wildman–Crippen LogP) is 2.00. The zero-order chi connectivity index (χ0) is 20.4. The molecule has 0 spiro atoms. The van der Waals surface area contributed by atoms with E-state index in [1.807, 2.05) is 0 Å². The maximum atomic E-state index is 13.6. The third-order valence-electron chi connectivity index (χ3n) is 5.11. The molecule has 2 aliphatic rings. The lowest BCUT2D eigenvalue weighted by molar-refractivity contribution is -0.153. The van der Waals surface area contributed by atoms with Gasteiger partial charge in [0.1, 0.15) is 18.4 Å². The smallest absolute Gasteiger partial charge is 0.251 e. The molecule has 2 aliphatic heterocycles. The van der Waals surface area contributed by atoms with Gasteiger partial charge in [0.25, 0.3) is 5.91 Å². The van der Waals surface area contributed by atoms with Gasteiger partial charge in [-0.15, -0.1) is 11.8 Å². The van der Waals surface area contributed by atoms with Crippen molar-refractivity contribution in [2.24, 2.45) is 0 Å². The first-order valence-corrected chi connectivity index (χ1v) is 10.4. The standard InChI is InChI=1S/C21H20FN3O3S/c22-17-4-2-1-3-16(17)9-23-20(27)15-7-5-14(6-8-15)10-24-11-19(26)25-13-29-12-18(25)21(24)28/h1-8,18H,9-13H2,(H,23,27). The minimum Gasteiger partial charge on any atom is -0.348 e. The summed E-state index contributed by atoms with van der Waals surface area (Å²) in [6.45, 7) is 0.519. The number of rotatable bonds is 5. The Bertz CT molecular complexity index is 950. The number of benzene rings is 2. The van der Waals surface area contributed by atoms with Crippen molar-refractivity contribution in [3.63, 3.8) is 0 Å². The SMILES string of the molecule is O=C(NCc1ccccc1F)c1ccc(CN2CC(=O)N3CSCC3C2=O)cc1. The lowest BCUT2D eigenvalue weighted by atomic mass is 10.1. The van der Waals surface area contributed by atoms with Crippen molar-refractivity contribution < 1.29 is 18.8 Å². The average molecular weight is 413 g/mol. The highest BCUT2D eigenvalue weighted by molar-refractivity contribution is 7.99. The second kappa shape index (κ2) is 8.24. The molecular weight excluding hydrogens is 393 g/mol. The number of hydrogen-bond donors (Lipinski definition) is 1. The molecule has 1 atom stereocenters. The van der Waals surface area contributed by atoms with Gasteiger partial charge in [-0.2, -0.15) is 0 Å². The molecule has 3 amide bonds. The molecule has 6 nitrogen and oxygen atoms in total. The number of halogens is 1. The molecule has 2 aromatic carbocycles. The first kappa shape index (κ1) is 19.4. The van der Waals surface area contributed by atoms with Crippen molar-refractivity contribution in [1.29, 1.82) is 0 Å². The van der Waals surface area contributed by atoms with Gasteiger partial charge in [-0.1, -0.05) is 30.3 Å². The van der Waals surface area contributed by atoms with Crippen molar-refractivity contribution in [3.05, 3.63) is 71.0 Å². The van der Waals surface area contributed by atoms with Gasteiger partial charge < -0.3 is 15.1 Å². The van der Waals surface area contributed by atoms with Crippen LogP contribution < -0.4 is 5.32 Å². The molecule has 1 N–H and O–H groups in total. The summed E-state index contributed by atoms with van der Waals surface area (Å²) in [7, 11) is 0. The predicted molar refractivity (Wildman–Crippen MR) is 107 cm³/mol. The monoisotopic (exact) mass is 413 g/mol. The highest BCUT2D eigenvalue weighted by atomic mass is 32.2. The molecule has 2 fully saturated rings. The van der Waals surface area contributed by atoms with Crippen LogP contribution in [-0.4, -0.2) is 51.7 Å². The van der Waals surface area contributed by atoms with Crippen LogP contribution in [0.2, 0.25) is 0 Å². The van der Waals surface area contributed by atoms with Gasteiger partial charge in [-0.25, -0.2) is 4.39 Å². The third-order valence-corrected chi connectivity index (χ3v) is 6.12. The molecule has 150 valence electrons. The summed E-state index contributed by atoms with van der Waals surface area (Å²) in [4.78, 5) is 40.3. The Morgan fingerprint density at radius 1 is 1.14 bits per heavy atom. The molecule has 1 unspecified atom stereocenters. The van der Waals surface area contributed by atoms with Crippen molar-refractivity contribution in [3.8, 4) is 0 Å². The molecule has 4 rings (SSSR count). The zero-order valence-corrected chi connectivity index (χ0v) is 16.5. The van der Waals surface area contributed by atoms with Gasteiger partial charge in [0.2, 0.25) is 11.8 Å². The van der Waals surface area contributed by atoms with Crippen molar-refractivity contribution in [2.45, 2.75) is 19.1 Å². The van der Waals surface area contributed by atoms with Gasteiger partial charge in [-0.3, -0.25) is 14.4 Å². The van der Waals surface area contributed by atoms with Crippen LogP contribution in [0.5, 0.6) is 0 Å². The topological polar surface area (TPSA) is 69.7 Å². The molecule has 29 heavy (non-hydrogen) atoms. The fraction of sp³-hybridized carbons (Fsp3) is 0.286. The number of fused-ring (bicyclic) bond motifs is 1. The number of hydrogen-bond acceptors (Lipinski definition) is 4. The van der Waals surface area contributed by atoms with E-state index >= 15 is 0 Å². The van der Waals surface area contributed by atoms with E-state index in [9.17, 15) is 18.8 Å². The summed E-state index contributed by atoms with van der Waals surface area (Å²) >= 11 is 1.59. The van der Waals surface area contributed by atoms with Gasteiger partial charge in [0.05, 0.1) is 5.88 Å². The average Bonchev–Trinajstić information content (AvgIpc) is 3.22. The van der Waals surface area contributed by atoms with Crippen LogP contribution in [0.4, 0.5) is 4.39 Å². The molecule has 2 aromatic rings. The maximum absolute atomic E-state index is 13.6. The number of nitrogens with zero attached hydrogens (tertiary/aromatic N) is 2. The van der Waals surface area contributed by atoms with Crippen LogP contribution in [0.15, 0.2) is 48.5 Å². The van der Waals surface area contributed by atoms with E-state index < -0.39 is 0 Å². The van der Waals surface area contributed by atoms with Crippen molar-refractivity contribution in [1.82, 2.24) is 15.1 Å². The van der Waals surface area contributed by atoms with Gasteiger partial charge >= 0.3 is 0 Å². The summed E-state index contributed by atoms with van der Waals surface area (Å²) in [5.74, 6) is 0.512. The maximum Gasteiger partial charge on any atom is 0.251 e. The van der Waals surface area contributed by atoms with Crippen LogP contribution in [0, 0.1) is 5.82 Å². The molecule has 0 radical (unpaired) electrons. The molecule has 2 heterocycles. The van der Waals surface area contributed by atoms with Crippen molar-refractivity contribution >= 4 is 29.5 Å². The number of carbonyl (C=O) groups excluding carboxylic acids is 3. The Balaban J connectivity index is 1.36. The minimum absolute atomic E-state index is 0.0243. The quantitative estimate of drug-likeness (QED) is 0.814. The van der Waals surface area contributed by atoms with Crippen LogP contribution in [0.3, 0.4) is 0 Å². The fourth-order valence-corrected chi connectivity index (χ4v) is 4.64. The molecule has 0 saturated carbocycles. The number of piperazine rings is 1. The summed E-state index contributed by atoms with van der Waals surface area (Å²) < 4.78 is 13.6. The van der Waals surface area contributed by atoms with Crippen LogP contribution in [0.1, 0.15) is 21.5 Å². The summed E-state index contributed by atoms with van der Waals surface area (Å²) in [5.41, 5.74) is 1.71. The summed E-state index contributed by atoms with van der Waals surface area (Å²) in [6, 6.07) is 12.8. The van der Waals surface area contributed by atoms with E-state index in [-0.39, 0.29) is 42.7 Å². The van der Waals surface area contributed by atoms with Crippen LogP contribution in [0.25, 0.3) is 0 Å². The Labute approximate surface area is 172 Å². The third kappa shape index (κ3) is 4.12. The van der Waals surface area contributed by atoms with Crippen LogP contribution in [-0.2, 0) is 22.7 Å². The highest BCUT2D eigenvalue weighted by Crippen LogP contribution is 2.26. The Hall–Kier alpha value is -2.87. The van der Waals surface area contributed by atoms with Gasteiger partial charge in [0.15, 0.2) is 0 Å². The first-order chi connectivity index (χ1) is 14.0. The minimum atomic E-state index is -0.358. The van der Waals surface area contributed by atoms with Gasteiger partial charge in [0, 0.05) is 30.0 Å². The highest BCUT2D eigenvalue weighted by Gasteiger charge is 2.42. The molecule has 0 aromatic heterocycles.